The number of ether oxygens (including phenoxy) is 1. The van der Waals surface area contributed by atoms with Crippen molar-refractivity contribution in [2.24, 2.45) is 5.41 Å². The van der Waals surface area contributed by atoms with Gasteiger partial charge in [0.15, 0.2) is 5.78 Å². The summed E-state index contributed by atoms with van der Waals surface area (Å²) in [5, 5.41) is 3.19. The van der Waals surface area contributed by atoms with Crippen LogP contribution < -0.4 is 15.0 Å². The van der Waals surface area contributed by atoms with Gasteiger partial charge in [-0.15, -0.1) is 0 Å². The summed E-state index contributed by atoms with van der Waals surface area (Å²) in [6, 6.07) is 11.6. The molecule has 0 fully saturated rings. The number of fused-ring (bicyclic) bond motifs is 1. The Bertz CT molecular complexity index is 1120. The van der Waals surface area contributed by atoms with E-state index in [4.69, 9.17) is 4.74 Å². The fourth-order valence-electron chi connectivity index (χ4n) is 4.58. The van der Waals surface area contributed by atoms with Crippen LogP contribution >= 0.6 is 0 Å². The molecule has 4 rings (SSSR count). The number of para-hydroxylation sites is 2. The molecule has 1 amide bonds. The summed E-state index contributed by atoms with van der Waals surface area (Å²) in [6.45, 7) is 6.14. The van der Waals surface area contributed by atoms with Crippen molar-refractivity contribution >= 4 is 23.1 Å². The topological polar surface area (TPSA) is 58.6 Å². The molecular weight excluding hydrogens is 433 g/mol. The molecule has 174 valence electrons. The van der Waals surface area contributed by atoms with E-state index in [1.165, 1.54) is 6.07 Å². The largest absolute Gasteiger partial charge is 0.494 e. The molecule has 0 aromatic heterocycles. The Morgan fingerprint density at radius 1 is 1.12 bits per heavy atom. The zero-order valence-corrected chi connectivity index (χ0v) is 18.6. The van der Waals surface area contributed by atoms with Crippen LogP contribution in [0.3, 0.4) is 0 Å². The number of amides is 1. The number of hydrogen-bond donors (Lipinski definition) is 1. The molecule has 2 aromatic rings. The summed E-state index contributed by atoms with van der Waals surface area (Å²) in [7, 11) is 0. The van der Waals surface area contributed by atoms with Crippen LogP contribution in [-0.4, -0.2) is 24.5 Å². The first-order valence-corrected chi connectivity index (χ1v) is 10.8. The maximum atomic E-state index is 13.8. The highest BCUT2D eigenvalue weighted by Gasteiger charge is 2.50. The lowest BCUT2D eigenvalue weighted by Crippen LogP contribution is -2.45. The number of carbonyl (C=O) groups is 2. The van der Waals surface area contributed by atoms with Crippen molar-refractivity contribution < 1.29 is 27.5 Å². The van der Waals surface area contributed by atoms with Crippen LogP contribution in [0.5, 0.6) is 5.75 Å². The highest BCUT2D eigenvalue weighted by Crippen LogP contribution is 2.49. The first-order valence-electron chi connectivity index (χ1n) is 10.8. The second-order valence-corrected chi connectivity index (χ2v) is 9.05. The molecule has 8 heteroatoms. The van der Waals surface area contributed by atoms with Gasteiger partial charge in [-0.2, -0.15) is 13.2 Å². The second-order valence-electron chi connectivity index (χ2n) is 9.05. The summed E-state index contributed by atoms with van der Waals surface area (Å²) in [4.78, 5) is 26.9. The Morgan fingerprint density at radius 3 is 2.42 bits per heavy atom. The lowest BCUT2D eigenvalue weighted by atomic mass is 9.73. The van der Waals surface area contributed by atoms with Gasteiger partial charge >= 0.3 is 12.1 Å². The summed E-state index contributed by atoms with van der Waals surface area (Å²) in [5.41, 5.74) is 1.17. The normalized spacial score (nSPS) is 19.9. The predicted octanol–water partition coefficient (Wildman–Crippen LogP) is 5.79. The van der Waals surface area contributed by atoms with Gasteiger partial charge in [-0.05, 0) is 48.6 Å². The van der Waals surface area contributed by atoms with E-state index < -0.39 is 18.1 Å². The number of hydrogen-bond acceptors (Lipinski definition) is 4. The maximum Gasteiger partial charge on any atom is 0.471 e. The van der Waals surface area contributed by atoms with Crippen molar-refractivity contribution in [3.05, 3.63) is 65.4 Å². The molecule has 0 radical (unpaired) electrons. The van der Waals surface area contributed by atoms with Gasteiger partial charge in [-0.1, -0.05) is 38.1 Å². The summed E-state index contributed by atoms with van der Waals surface area (Å²) < 4.78 is 46.9. The predicted molar refractivity (Wildman–Crippen MR) is 119 cm³/mol. The number of ketones is 1. The quantitative estimate of drug-likeness (QED) is 0.633. The molecule has 1 N–H and O–H groups in total. The highest BCUT2D eigenvalue weighted by molar-refractivity contribution is 6.07. The molecule has 0 saturated carbocycles. The summed E-state index contributed by atoms with van der Waals surface area (Å²) in [6.07, 6.45) is -4.49. The zero-order valence-electron chi connectivity index (χ0n) is 18.6. The van der Waals surface area contributed by atoms with Gasteiger partial charge in [0.1, 0.15) is 5.75 Å². The van der Waals surface area contributed by atoms with Gasteiger partial charge in [0.05, 0.1) is 24.0 Å². The Morgan fingerprint density at radius 2 is 1.79 bits per heavy atom. The fourth-order valence-corrected chi connectivity index (χ4v) is 4.58. The Kier molecular flexibility index (Phi) is 5.72. The molecule has 1 aliphatic heterocycles. The molecule has 1 atom stereocenters. The molecule has 33 heavy (non-hydrogen) atoms. The third-order valence-corrected chi connectivity index (χ3v) is 5.87. The minimum Gasteiger partial charge on any atom is -0.494 e. The first kappa shape index (κ1) is 22.9. The Labute approximate surface area is 190 Å². The van der Waals surface area contributed by atoms with Crippen molar-refractivity contribution in [3.63, 3.8) is 0 Å². The van der Waals surface area contributed by atoms with Crippen LogP contribution in [0.1, 0.15) is 45.2 Å². The highest BCUT2D eigenvalue weighted by atomic mass is 19.4. The van der Waals surface area contributed by atoms with Gasteiger partial charge in [0.25, 0.3) is 0 Å². The number of benzene rings is 2. The van der Waals surface area contributed by atoms with Crippen molar-refractivity contribution in [1.29, 1.82) is 0 Å². The standard InChI is InChI=1S/C25H25F3N2O3/c1-4-33-16-11-9-15(10-12-16)22-21-18(13-24(2,3)14-20(21)31)29-17-7-5-6-8-19(17)30(22)23(32)25(26,27)28/h5-12,22,29H,4,13-14H2,1-3H3. The lowest BCUT2D eigenvalue weighted by molar-refractivity contribution is -0.170. The molecule has 2 aromatic carbocycles. The number of anilines is 2. The van der Waals surface area contributed by atoms with Crippen molar-refractivity contribution in [2.45, 2.75) is 45.8 Å². The number of nitrogens with one attached hydrogen (secondary N) is 1. The fraction of sp³-hybridized carbons (Fsp3) is 0.360. The summed E-state index contributed by atoms with van der Waals surface area (Å²) >= 11 is 0. The van der Waals surface area contributed by atoms with E-state index in [0.717, 1.165) is 0 Å². The van der Waals surface area contributed by atoms with Crippen molar-refractivity contribution in [1.82, 2.24) is 0 Å². The van der Waals surface area contributed by atoms with Gasteiger partial charge in [-0.3, -0.25) is 14.5 Å². The molecule has 5 nitrogen and oxygen atoms in total. The number of carbonyl (C=O) groups excluding carboxylic acids is 2. The van der Waals surface area contributed by atoms with Crippen LogP contribution in [-0.2, 0) is 9.59 Å². The lowest BCUT2D eigenvalue weighted by Gasteiger charge is -2.37. The molecule has 0 bridgehead atoms. The van der Waals surface area contributed by atoms with E-state index in [1.54, 1.807) is 42.5 Å². The van der Waals surface area contributed by atoms with E-state index in [2.05, 4.69) is 5.32 Å². The first-order chi connectivity index (χ1) is 15.5. The number of allylic oxidation sites excluding steroid dienone is 1. The summed E-state index contributed by atoms with van der Waals surface area (Å²) in [5.74, 6) is -1.75. The Hall–Kier alpha value is -3.29. The average molecular weight is 458 g/mol. The van der Waals surface area contributed by atoms with Crippen LogP contribution in [0, 0.1) is 5.41 Å². The number of rotatable bonds is 3. The van der Waals surface area contributed by atoms with Gasteiger partial charge < -0.3 is 10.1 Å². The number of alkyl halides is 3. The van der Waals surface area contributed by atoms with Gasteiger partial charge in [0.2, 0.25) is 0 Å². The molecule has 0 saturated heterocycles. The molecule has 1 heterocycles. The van der Waals surface area contributed by atoms with Gasteiger partial charge in [-0.25, -0.2) is 0 Å². The van der Waals surface area contributed by atoms with Crippen LogP contribution in [0.2, 0.25) is 0 Å². The van der Waals surface area contributed by atoms with E-state index in [-0.39, 0.29) is 28.9 Å². The molecule has 1 unspecified atom stereocenters. The molecule has 2 aliphatic rings. The number of halogens is 3. The van der Waals surface area contributed by atoms with E-state index in [9.17, 15) is 22.8 Å². The van der Waals surface area contributed by atoms with Crippen molar-refractivity contribution in [3.8, 4) is 5.75 Å². The molecule has 1 aliphatic carbocycles. The number of nitrogens with zero attached hydrogens (tertiary/aromatic N) is 1. The third kappa shape index (κ3) is 4.34. The Balaban J connectivity index is 1.98. The van der Waals surface area contributed by atoms with Crippen molar-refractivity contribution in [2.75, 3.05) is 16.8 Å². The smallest absolute Gasteiger partial charge is 0.471 e. The van der Waals surface area contributed by atoms with E-state index in [0.29, 0.717) is 40.6 Å². The molecule has 0 spiro atoms. The van der Waals surface area contributed by atoms with Gasteiger partial charge in [0, 0.05) is 17.7 Å². The number of Topliss-reactive ketones (excluding diaryl/α,β-unsaturated/α-hetero) is 1. The van der Waals surface area contributed by atoms with E-state index >= 15 is 0 Å². The second kappa shape index (κ2) is 8.24. The third-order valence-electron chi connectivity index (χ3n) is 5.87. The van der Waals surface area contributed by atoms with E-state index in [1.807, 2.05) is 20.8 Å². The van der Waals surface area contributed by atoms with Crippen LogP contribution in [0.25, 0.3) is 0 Å². The average Bonchev–Trinajstić information content (AvgIpc) is 2.86. The minimum atomic E-state index is -5.13. The minimum absolute atomic E-state index is 0.0683. The monoisotopic (exact) mass is 458 g/mol. The molecular formula is C25H25F3N2O3. The maximum absolute atomic E-state index is 13.8. The van der Waals surface area contributed by atoms with Crippen LogP contribution in [0.4, 0.5) is 24.5 Å². The SMILES string of the molecule is CCOc1ccc(C2C3=C(CC(C)(C)CC3=O)Nc3ccccc3N2C(=O)C(F)(F)F)cc1. The zero-order chi connectivity index (χ0) is 24.0. The van der Waals surface area contributed by atoms with Crippen LogP contribution in [0.15, 0.2) is 59.8 Å².